The minimum Gasteiger partial charge on any atom is -0.381 e. The monoisotopic (exact) mass is 283 g/mol. The van der Waals surface area contributed by atoms with E-state index in [1.165, 1.54) is 38.0 Å². The lowest BCUT2D eigenvalue weighted by Gasteiger charge is -2.53. The van der Waals surface area contributed by atoms with Gasteiger partial charge in [0.25, 0.3) is 0 Å². The molecule has 4 aliphatic rings. The molecule has 2 nitrogen and oxygen atoms in total. The molecule has 2 heteroatoms. The fourth-order valence-electron chi connectivity index (χ4n) is 6.77. The van der Waals surface area contributed by atoms with Gasteiger partial charge in [0.2, 0.25) is 0 Å². The van der Waals surface area contributed by atoms with Crippen molar-refractivity contribution >= 4 is 5.69 Å². The normalized spacial score (nSPS) is 49.4. The van der Waals surface area contributed by atoms with E-state index in [0.29, 0.717) is 11.5 Å². The molecule has 112 valence electrons. The van der Waals surface area contributed by atoms with Gasteiger partial charge in [0.1, 0.15) is 0 Å². The lowest BCUT2D eigenvalue weighted by molar-refractivity contribution is -0.927. The van der Waals surface area contributed by atoms with E-state index in [2.05, 4.69) is 43.4 Å². The van der Waals surface area contributed by atoms with Crippen molar-refractivity contribution in [1.82, 2.24) is 0 Å². The predicted octanol–water partition coefficient (Wildman–Crippen LogP) is 2.07. The minimum absolute atomic E-state index is 0.445. The van der Waals surface area contributed by atoms with Crippen LogP contribution >= 0.6 is 0 Å². The van der Waals surface area contributed by atoms with Crippen molar-refractivity contribution in [2.75, 3.05) is 18.4 Å². The molecule has 2 N–H and O–H groups in total. The predicted molar refractivity (Wildman–Crippen MR) is 85.7 cm³/mol. The number of quaternary nitrogens is 1. The van der Waals surface area contributed by atoms with E-state index in [1.807, 2.05) is 4.90 Å². The summed E-state index contributed by atoms with van der Waals surface area (Å²) in [5.41, 5.74) is 3.53. The van der Waals surface area contributed by atoms with E-state index in [4.69, 9.17) is 0 Å². The van der Waals surface area contributed by atoms with Gasteiger partial charge in [0.05, 0.1) is 24.5 Å². The zero-order chi connectivity index (χ0) is 14.2. The van der Waals surface area contributed by atoms with E-state index in [9.17, 15) is 0 Å². The fraction of sp³-hybridized carbons (Fsp3) is 0.684. The van der Waals surface area contributed by atoms with E-state index < -0.39 is 0 Å². The summed E-state index contributed by atoms with van der Waals surface area (Å²) in [6.45, 7) is 7.78. The number of piperidine rings is 1. The first-order valence-corrected chi connectivity index (χ1v) is 8.96. The van der Waals surface area contributed by atoms with Crippen molar-refractivity contribution in [3.05, 3.63) is 29.8 Å². The van der Waals surface area contributed by atoms with Gasteiger partial charge in [0, 0.05) is 30.5 Å². The van der Waals surface area contributed by atoms with Gasteiger partial charge in [-0.1, -0.05) is 32.0 Å². The third-order valence-electron chi connectivity index (χ3n) is 7.63. The van der Waals surface area contributed by atoms with Crippen LogP contribution in [-0.2, 0) is 5.41 Å². The quantitative estimate of drug-likeness (QED) is 0.806. The number of rotatable bonds is 1. The molecule has 1 spiro atoms. The molecule has 3 fully saturated rings. The number of hydrogen-bond donors (Lipinski definition) is 2. The van der Waals surface area contributed by atoms with Crippen molar-refractivity contribution < 1.29 is 4.90 Å². The van der Waals surface area contributed by atoms with Crippen LogP contribution in [0.2, 0.25) is 0 Å². The molecule has 5 rings (SSSR count). The number of para-hydroxylation sites is 1. The summed E-state index contributed by atoms with van der Waals surface area (Å²) in [5, 5.41) is 3.96. The van der Waals surface area contributed by atoms with Crippen molar-refractivity contribution in [3.63, 3.8) is 0 Å². The summed E-state index contributed by atoms with van der Waals surface area (Å²) in [6, 6.07) is 10.8. The van der Waals surface area contributed by atoms with Gasteiger partial charge >= 0.3 is 0 Å². The molecule has 7 atom stereocenters. The summed E-state index contributed by atoms with van der Waals surface area (Å²) >= 11 is 0. The average Bonchev–Trinajstić information content (AvgIpc) is 3.07. The highest BCUT2D eigenvalue weighted by Gasteiger charge is 2.67. The third-order valence-corrected chi connectivity index (χ3v) is 7.63. The molecule has 2 bridgehead atoms. The summed E-state index contributed by atoms with van der Waals surface area (Å²) in [7, 11) is 0. The van der Waals surface area contributed by atoms with Crippen LogP contribution in [0.15, 0.2) is 24.3 Å². The second-order valence-corrected chi connectivity index (χ2v) is 8.05. The number of benzene rings is 1. The zero-order valence-corrected chi connectivity index (χ0v) is 13.2. The van der Waals surface area contributed by atoms with Crippen LogP contribution in [0.4, 0.5) is 5.69 Å². The summed E-state index contributed by atoms with van der Waals surface area (Å²) in [5.74, 6) is 2.72. The molecule has 1 unspecified atom stereocenters. The Morgan fingerprint density at radius 1 is 1.33 bits per heavy atom. The smallest absolute Gasteiger partial charge is 0.0998 e. The Labute approximate surface area is 127 Å². The second kappa shape index (κ2) is 4.04. The van der Waals surface area contributed by atoms with Crippen LogP contribution in [0.1, 0.15) is 38.7 Å². The van der Waals surface area contributed by atoms with Gasteiger partial charge in [-0.3, -0.25) is 0 Å². The number of hydrogen-bond acceptors (Lipinski definition) is 1. The van der Waals surface area contributed by atoms with Crippen molar-refractivity contribution in [2.24, 2.45) is 17.8 Å². The van der Waals surface area contributed by atoms with Crippen LogP contribution in [-0.4, -0.2) is 25.2 Å². The first kappa shape index (κ1) is 12.5. The largest absolute Gasteiger partial charge is 0.381 e. The maximum Gasteiger partial charge on any atom is 0.0998 e. The minimum atomic E-state index is 0.445. The van der Waals surface area contributed by atoms with E-state index in [1.54, 1.807) is 5.56 Å². The van der Waals surface area contributed by atoms with Crippen molar-refractivity contribution in [1.29, 1.82) is 0 Å². The lowest BCUT2D eigenvalue weighted by atomic mass is 9.55. The molecule has 1 aromatic rings. The van der Waals surface area contributed by atoms with Gasteiger partial charge in [-0.2, -0.15) is 0 Å². The Kier molecular flexibility index (Phi) is 2.41. The first-order valence-electron chi connectivity index (χ1n) is 8.96. The maximum absolute atomic E-state index is 3.96. The van der Waals surface area contributed by atoms with Crippen molar-refractivity contribution in [3.8, 4) is 0 Å². The standard InChI is InChI=1S/C19H26N2/c1-3-13-11-21-9-8-19-15-6-4-5-7-16(15)20-18(19)12(2)14(13)10-17(19)21/h4-7,12-14,17-18,20H,3,8-11H2,1-2H3/p+1/t12-,13+,14+,17-,18+,19+/m1/s1. The van der Waals surface area contributed by atoms with Gasteiger partial charge in [0.15, 0.2) is 0 Å². The maximum atomic E-state index is 3.96. The van der Waals surface area contributed by atoms with Crippen molar-refractivity contribution in [2.45, 2.75) is 50.6 Å². The number of anilines is 1. The third kappa shape index (κ3) is 1.34. The molecule has 21 heavy (non-hydrogen) atoms. The molecule has 3 heterocycles. The van der Waals surface area contributed by atoms with E-state index in [0.717, 1.165) is 23.8 Å². The lowest BCUT2D eigenvalue weighted by Crippen LogP contribution is -3.17. The Hall–Kier alpha value is -1.02. The molecule has 1 aromatic carbocycles. The topological polar surface area (TPSA) is 16.5 Å². The number of nitrogens with one attached hydrogen (secondary N) is 2. The van der Waals surface area contributed by atoms with Gasteiger partial charge < -0.3 is 10.2 Å². The Morgan fingerprint density at radius 3 is 3.05 bits per heavy atom. The molecule has 2 saturated heterocycles. The fourth-order valence-corrected chi connectivity index (χ4v) is 6.77. The van der Waals surface area contributed by atoms with E-state index >= 15 is 0 Å². The van der Waals surface area contributed by atoms with E-state index in [-0.39, 0.29) is 0 Å². The highest BCUT2D eigenvalue weighted by Crippen LogP contribution is 2.57. The molecule has 1 saturated carbocycles. The van der Waals surface area contributed by atoms with Crippen LogP contribution < -0.4 is 10.2 Å². The summed E-state index contributed by atoms with van der Waals surface area (Å²) < 4.78 is 0. The molecule has 1 aliphatic carbocycles. The molecule has 0 aromatic heterocycles. The molecule has 0 amide bonds. The highest BCUT2D eigenvalue weighted by molar-refractivity contribution is 5.64. The summed E-state index contributed by atoms with van der Waals surface area (Å²) in [6.07, 6.45) is 4.24. The van der Waals surface area contributed by atoms with Crippen LogP contribution in [0, 0.1) is 17.8 Å². The SMILES string of the molecule is CC[C@H]1C[NH+]2CC[C@@]34c5ccccc5N[C@H]3[C@H](C)[C@@H]1C[C@@H]24. The second-order valence-electron chi connectivity index (χ2n) is 8.05. The highest BCUT2D eigenvalue weighted by atomic mass is 15.2. The summed E-state index contributed by atoms with van der Waals surface area (Å²) in [4.78, 5) is 1.92. The molecular formula is C19H27N2+. The van der Waals surface area contributed by atoms with Crippen LogP contribution in [0.3, 0.4) is 0 Å². The number of fused-ring (bicyclic) bond motifs is 2. The molecule has 0 radical (unpaired) electrons. The van der Waals surface area contributed by atoms with Gasteiger partial charge in [-0.25, -0.2) is 0 Å². The van der Waals surface area contributed by atoms with Gasteiger partial charge in [-0.05, 0) is 29.9 Å². The molecule has 3 aliphatic heterocycles. The van der Waals surface area contributed by atoms with Crippen LogP contribution in [0.5, 0.6) is 0 Å². The first-order chi connectivity index (χ1) is 10.3. The Balaban J connectivity index is 1.68. The van der Waals surface area contributed by atoms with Crippen LogP contribution in [0.25, 0.3) is 0 Å². The zero-order valence-electron chi connectivity index (χ0n) is 13.2. The van der Waals surface area contributed by atoms with Gasteiger partial charge in [-0.15, -0.1) is 0 Å². The Morgan fingerprint density at radius 2 is 2.19 bits per heavy atom. The molecular weight excluding hydrogens is 256 g/mol. The Bertz CT molecular complexity index is 583. The average molecular weight is 283 g/mol.